The second kappa shape index (κ2) is 6.00. The van der Waals surface area contributed by atoms with Crippen LogP contribution in [0, 0.1) is 6.92 Å². The van der Waals surface area contributed by atoms with Crippen molar-refractivity contribution in [3.8, 4) is 17.2 Å². The maximum absolute atomic E-state index is 10.2. The minimum Gasteiger partial charge on any atom is -0.493 e. The summed E-state index contributed by atoms with van der Waals surface area (Å²) in [6.45, 7) is 2.26. The van der Waals surface area contributed by atoms with Gasteiger partial charge in [-0.2, -0.15) is 0 Å². The molecule has 0 saturated heterocycles. The summed E-state index contributed by atoms with van der Waals surface area (Å²) in [5.74, 6) is 1.77. The van der Waals surface area contributed by atoms with Crippen molar-refractivity contribution in [3.05, 3.63) is 17.7 Å². The van der Waals surface area contributed by atoms with Crippen molar-refractivity contribution in [2.24, 2.45) is 0 Å². The molecule has 0 bridgehead atoms. The molecule has 88 valence electrons. The minimum absolute atomic E-state index is 0.319. The highest BCUT2D eigenvalue weighted by Gasteiger charge is 2.12. The Morgan fingerprint density at radius 1 is 1.19 bits per heavy atom. The third kappa shape index (κ3) is 2.89. The van der Waals surface area contributed by atoms with Crippen molar-refractivity contribution in [1.82, 2.24) is 0 Å². The number of aryl methyl sites for hydroxylation is 1. The van der Waals surface area contributed by atoms with Gasteiger partial charge in [-0.25, -0.2) is 0 Å². The third-order valence-electron chi connectivity index (χ3n) is 2.09. The molecule has 4 nitrogen and oxygen atoms in total. The Hall–Kier alpha value is -1.71. The van der Waals surface area contributed by atoms with Gasteiger partial charge in [-0.3, -0.25) is 0 Å². The van der Waals surface area contributed by atoms with Crippen molar-refractivity contribution >= 4 is 6.29 Å². The molecule has 1 aromatic carbocycles. The average Bonchev–Trinajstić information content (AvgIpc) is 2.30. The molecule has 1 aromatic rings. The lowest BCUT2D eigenvalue weighted by molar-refractivity contribution is -0.108. The molecule has 0 heterocycles. The van der Waals surface area contributed by atoms with E-state index in [1.54, 1.807) is 14.2 Å². The first-order valence-corrected chi connectivity index (χ1v) is 5.02. The maximum Gasteiger partial charge on any atom is 0.203 e. The predicted molar refractivity (Wildman–Crippen MR) is 60.5 cm³/mol. The van der Waals surface area contributed by atoms with E-state index in [1.165, 1.54) is 0 Å². The van der Waals surface area contributed by atoms with E-state index >= 15 is 0 Å². The Morgan fingerprint density at radius 3 is 2.19 bits per heavy atom. The summed E-state index contributed by atoms with van der Waals surface area (Å²) >= 11 is 0. The van der Waals surface area contributed by atoms with Crippen LogP contribution >= 0.6 is 0 Å². The molecule has 0 N–H and O–H groups in total. The van der Waals surface area contributed by atoms with Crippen molar-refractivity contribution in [2.45, 2.75) is 13.3 Å². The van der Waals surface area contributed by atoms with Crippen molar-refractivity contribution in [1.29, 1.82) is 0 Å². The highest BCUT2D eigenvalue weighted by molar-refractivity contribution is 5.54. The van der Waals surface area contributed by atoms with Crippen LogP contribution in [0.4, 0.5) is 0 Å². The van der Waals surface area contributed by atoms with Crippen LogP contribution in [0.2, 0.25) is 0 Å². The monoisotopic (exact) mass is 224 g/mol. The molecular weight excluding hydrogens is 208 g/mol. The molecule has 0 aliphatic rings. The number of ether oxygens (including phenoxy) is 3. The van der Waals surface area contributed by atoms with E-state index in [2.05, 4.69) is 0 Å². The highest BCUT2D eigenvalue weighted by Crippen LogP contribution is 2.38. The molecule has 0 spiro atoms. The van der Waals surface area contributed by atoms with Gasteiger partial charge in [-0.1, -0.05) is 0 Å². The fourth-order valence-electron chi connectivity index (χ4n) is 1.36. The van der Waals surface area contributed by atoms with Gasteiger partial charge in [-0.15, -0.1) is 0 Å². The van der Waals surface area contributed by atoms with Gasteiger partial charge in [0.1, 0.15) is 6.29 Å². The summed E-state index contributed by atoms with van der Waals surface area (Å²) in [4.78, 5) is 10.2. The number of hydrogen-bond donors (Lipinski definition) is 0. The van der Waals surface area contributed by atoms with E-state index in [9.17, 15) is 4.79 Å². The number of carbonyl (C=O) groups is 1. The van der Waals surface area contributed by atoms with E-state index in [4.69, 9.17) is 14.2 Å². The van der Waals surface area contributed by atoms with Crippen LogP contribution < -0.4 is 14.2 Å². The number of methoxy groups -OCH3 is 2. The zero-order valence-electron chi connectivity index (χ0n) is 9.78. The summed E-state index contributed by atoms with van der Waals surface area (Å²) in [5, 5.41) is 0. The topological polar surface area (TPSA) is 44.8 Å². The minimum atomic E-state index is 0.319. The molecule has 0 aromatic heterocycles. The zero-order chi connectivity index (χ0) is 12.0. The summed E-state index contributed by atoms with van der Waals surface area (Å²) in [6, 6.07) is 3.72. The normalized spacial score (nSPS) is 9.69. The van der Waals surface area contributed by atoms with Crippen LogP contribution in [0.1, 0.15) is 12.0 Å². The predicted octanol–water partition coefficient (Wildman–Crippen LogP) is 1.98. The Labute approximate surface area is 95.1 Å². The van der Waals surface area contributed by atoms with E-state index in [0.717, 1.165) is 11.8 Å². The maximum atomic E-state index is 10.2. The lowest BCUT2D eigenvalue weighted by Crippen LogP contribution is -2.02. The van der Waals surface area contributed by atoms with Crippen LogP contribution in [0.3, 0.4) is 0 Å². The first kappa shape index (κ1) is 12.4. The fraction of sp³-hybridized carbons (Fsp3) is 0.417. The van der Waals surface area contributed by atoms with Gasteiger partial charge in [0.15, 0.2) is 11.5 Å². The van der Waals surface area contributed by atoms with Gasteiger partial charge in [0.2, 0.25) is 5.75 Å². The zero-order valence-corrected chi connectivity index (χ0v) is 9.78. The van der Waals surface area contributed by atoms with Crippen molar-refractivity contribution < 1.29 is 19.0 Å². The Bertz CT molecular complexity index is 335. The lowest BCUT2D eigenvalue weighted by Gasteiger charge is -2.14. The third-order valence-corrected chi connectivity index (χ3v) is 2.09. The van der Waals surface area contributed by atoms with Crippen LogP contribution in [0.25, 0.3) is 0 Å². The van der Waals surface area contributed by atoms with Crippen LogP contribution in [0.15, 0.2) is 12.1 Å². The van der Waals surface area contributed by atoms with Gasteiger partial charge in [0, 0.05) is 6.42 Å². The molecule has 0 radical (unpaired) electrons. The first-order chi connectivity index (χ1) is 7.72. The van der Waals surface area contributed by atoms with Crippen molar-refractivity contribution in [2.75, 3.05) is 20.8 Å². The number of benzene rings is 1. The lowest BCUT2D eigenvalue weighted by atomic mass is 10.2. The van der Waals surface area contributed by atoms with Gasteiger partial charge in [-0.05, 0) is 24.6 Å². The van der Waals surface area contributed by atoms with Gasteiger partial charge in [0.05, 0.1) is 20.8 Å². The Kier molecular flexibility index (Phi) is 4.64. The second-order valence-corrected chi connectivity index (χ2v) is 3.30. The molecule has 1 rings (SSSR count). The van der Waals surface area contributed by atoms with Crippen molar-refractivity contribution in [3.63, 3.8) is 0 Å². The molecule has 0 fully saturated rings. The largest absolute Gasteiger partial charge is 0.493 e. The molecule has 0 atom stereocenters. The van der Waals surface area contributed by atoms with E-state index in [-0.39, 0.29) is 0 Å². The molecule has 0 unspecified atom stereocenters. The number of aldehydes is 1. The van der Waals surface area contributed by atoms with Gasteiger partial charge < -0.3 is 19.0 Å². The molecule has 0 amide bonds. The second-order valence-electron chi connectivity index (χ2n) is 3.30. The smallest absolute Gasteiger partial charge is 0.203 e. The molecular formula is C12H16O4. The quantitative estimate of drug-likeness (QED) is 0.547. The highest BCUT2D eigenvalue weighted by atomic mass is 16.5. The summed E-state index contributed by atoms with van der Waals surface area (Å²) in [7, 11) is 3.14. The number of hydrogen-bond acceptors (Lipinski definition) is 4. The van der Waals surface area contributed by atoms with E-state index in [0.29, 0.717) is 30.3 Å². The van der Waals surface area contributed by atoms with Crippen LogP contribution in [-0.4, -0.2) is 27.1 Å². The fourth-order valence-corrected chi connectivity index (χ4v) is 1.36. The summed E-state index contributed by atoms with van der Waals surface area (Å²) < 4.78 is 15.9. The Balaban J connectivity index is 2.97. The summed E-state index contributed by atoms with van der Waals surface area (Å²) in [6.07, 6.45) is 1.16. The first-order valence-electron chi connectivity index (χ1n) is 5.02. The van der Waals surface area contributed by atoms with Gasteiger partial charge >= 0.3 is 0 Å². The van der Waals surface area contributed by atoms with E-state index < -0.39 is 0 Å². The Morgan fingerprint density at radius 2 is 1.75 bits per heavy atom. The molecule has 16 heavy (non-hydrogen) atoms. The van der Waals surface area contributed by atoms with E-state index in [1.807, 2.05) is 19.1 Å². The van der Waals surface area contributed by atoms with Crippen LogP contribution in [0.5, 0.6) is 17.2 Å². The average molecular weight is 224 g/mol. The number of rotatable bonds is 6. The SMILES string of the molecule is COc1cc(C)cc(OC)c1OCCC=O. The van der Waals surface area contributed by atoms with Crippen LogP contribution in [-0.2, 0) is 4.79 Å². The molecule has 0 saturated carbocycles. The van der Waals surface area contributed by atoms with Gasteiger partial charge in [0.25, 0.3) is 0 Å². The molecule has 0 aliphatic heterocycles. The molecule has 0 aliphatic carbocycles. The standard InChI is InChI=1S/C12H16O4/c1-9-7-10(14-2)12(11(8-9)15-3)16-6-4-5-13/h5,7-8H,4,6H2,1-3H3. The molecule has 4 heteroatoms. The summed E-state index contributed by atoms with van der Waals surface area (Å²) in [5.41, 5.74) is 1.02. The number of carbonyl (C=O) groups excluding carboxylic acids is 1.